The molecule has 0 aromatic rings. The number of esters is 1. The monoisotopic (exact) mass is 926 g/mol. The van der Waals surface area contributed by atoms with E-state index in [4.69, 9.17) is 42.6 Å². The van der Waals surface area contributed by atoms with Crippen LogP contribution in [0.2, 0.25) is 0 Å². The third-order valence-corrected chi connectivity index (χ3v) is 18.0. The Morgan fingerprint density at radius 2 is 1.23 bits per heavy atom. The molecule has 0 aromatic heterocycles. The van der Waals surface area contributed by atoms with Gasteiger partial charge in [-0.1, -0.05) is 13.8 Å². The van der Waals surface area contributed by atoms with Crippen LogP contribution < -0.4 is 0 Å². The second-order valence-corrected chi connectivity index (χ2v) is 21.5. The highest BCUT2D eigenvalue weighted by atomic mass is 16.8. The molecule has 5 heterocycles. The summed E-state index contributed by atoms with van der Waals surface area (Å²) in [7, 11) is 0. The summed E-state index contributed by atoms with van der Waals surface area (Å²) >= 11 is 0. The van der Waals surface area contributed by atoms with Crippen molar-refractivity contribution in [2.24, 2.45) is 34.5 Å². The first-order valence-electron chi connectivity index (χ1n) is 24.4. The molecule has 0 amide bonds. The van der Waals surface area contributed by atoms with Gasteiger partial charge in [0.1, 0.15) is 49.3 Å². The number of cyclic esters (lactones) is 1. The lowest BCUT2D eigenvalue weighted by Gasteiger charge is -2.64. The van der Waals surface area contributed by atoms with Gasteiger partial charge in [0.05, 0.1) is 54.9 Å². The third-order valence-electron chi connectivity index (χ3n) is 18.0. The Kier molecular flexibility index (Phi) is 14.0. The summed E-state index contributed by atoms with van der Waals surface area (Å²) in [6, 6.07) is 0. The van der Waals surface area contributed by atoms with Gasteiger partial charge in [-0.25, -0.2) is 4.79 Å². The summed E-state index contributed by atoms with van der Waals surface area (Å²) in [5, 5.41) is 86.5. The Balaban J connectivity index is 0.730. The van der Waals surface area contributed by atoms with Crippen molar-refractivity contribution in [1.29, 1.82) is 0 Å². The van der Waals surface area contributed by atoms with E-state index >= 15 is 0 Å². The van der Waals surface area contributed by atoms with Gasteiger partial charge >= 0.3 is 5.97 Å². The van der Waals surface area contributed by atoms with Crippen molar-refractivity contribution in [1.82, 2.24) is 0 Å². The molecule has 4 aliphatic carbocycles. The minimum absolute atomic E-state index is 0.0150. The van der Waals surface area contributed by atoms with Crippen LogP contribution in [0.5, 0.6) is 0 Å². The fourth-order valence-electron chi connectivity index (χ4n) is 14.3. The van der Waals surface area contributed by atoms with Crippen LogP contribution in [0, 0.1) is 34.5 Å². The van der Waals surface area contributed by atoms with Crippen LogP contribution in [-0.4, -0.2) is 176 Å². The molecule has 25 atom stereocenters. The minimum Gasteiger partial charge on any atom is -0.458 e. The van der Waals surface area contributed by atoms with Crippen LogP contribution in [0.4, 0.5) is 0 Å². The van der Waals surface area contributed by atoms with Gasteiger partial charge < -0.3 is 83.5 Å². The number of hydrogen-bond acceptors (Lipinski definition) is 18. The van der Waals surface area contributed by atoms with Gasteiger partial charge in [0, 0.05) is 30.8 Å². The highest BCUT2D eigenvalue weighted by Gasteiger charge is 2.68. The lowest BCUT2D eigenvalue weighted by atomic mass is 9.43. The number of aliphatic hydroxyl groups is 8. The highest BCUT2D eigenvalue weighted by Crippen LogP contribution is 2.70. The minimum atomic E-state index is -1.64. The lowest BCUT2D eigenvalue weighted by molar-refractivity contribution is -0.355. The first-order chi connectivity index (χ1) is 30.8. The topological polar surface area (TPSA) is 262 Å². The summed E-state index contributed by atoms with van der Waals surface area (Å²) in [4.78, 5) is 12.0. The van der Waals surface area contributed by atoms with Crippen molar-refractivity contribution in [3.63, 3.8) is 0 Å². The molecule has 5 aliphatic heterocycles. The third kappa shape index (κ3) is 8.79. The maximum absolute atomic E-state index is 12.6. The van der Waals surface area contributed by atoms with E-state index in [-0.39, 0.29) is 54.0 Å². The number of aliphatic hydroxyl groups excluding tert-OH is 7. The van der Waals surface area contributed by atoms with Crippen molar-refractivity contribution >= 4 is 5.97 Å². The SMILES string of the molecule is C[C@H]1O[C@@H](O[C@H]2CC[C@@]3(C)[C@H](CC[C@@H]4[C@@H]3CC[C@]3(C)[C@@H](C5=CC(=O)OC5)CC[C@]43O)C2)C[C@H](O)[C@@H]1O[C@H]1C[C@H](O)[C@H](O[C@H]2C[C@H](O)[C@H](O[C@@H]3O[C@H](CO)[C@@H](O)[C@H](O)[C@H]3O)[C@@H](C)O2)[C@@H](C)O1. The number of carbonyl (C=O) groups is 1. The Labute approximate surface area is 380 Å². The Morgan fingerprint density at radius 3 is 1.78 bits per heavy atom. The number of fused-ring (bicyclic) bond motifs is 5. The van der Waals surface area contributed by atoms with E-state index in [9.17, 15) is 45.6 Å². The standard InChI is InChI=1S/C47H74O18/c1-21-41(63-36-17-31(50)42(22(2)59-36)64-37-18-32(51)43(23(3)60-37)65-44-40(55)39(54)38(53)33(19-48)62-44)30(49)16-35(58-21)61-26-8-11-45(4)25(15-26)6-7-29-28(45)9-12-46(5)27(10-13-47(29,46)56)24-14-34(52)57-20-24/h14,21-23,25-33,35-44,48-51,53-56H,6-13,15-20H2,1-5H3/t21-,22-,23-,25-,26+,27-,28+,29-,30+,31+,32+,33-,35+,36+,37+,38-,39+,40-,41-,42-,43-,44+,45+,46-,47+/m1/s1. The first kappa shape index (κ1) is 48.6. The van der Waals surface area contributed by atoms with Crippen molar-refractivity contribution in [3.8, 4) is 0 Å². The molecule has 18 heteroatoms. The molecule has 370 valence electrons. The zero-order chi connectivity index (χ0) is 46.3. The maximum atomic E-state index is 12.6. The van der Waals surface area contributed by atoms with Crippen LogP contribution in [0.15, 0.2) is 11.6 Å². The average molecular weight is 927 g/mol. The van der Waals surface area contributed by atoms with Crippen LogP contribution >= 0.6 is 0 Å². The Morgan fingerprint density at radius 1 is 0.646 bits per heavy atom. The van der Waals surface area contributed by atoms with Crippen LogP contribution in [0.1, 0.15) is 112 Å². The quantitative estimate of drug-likeness (QED) is 0.113. The van der Waals surface area contributed by atoms with E-state index in [1.807, 2.05) is 6.92 Å². The van der Waals surface area contributed by atoms with Crippen LogP contribution in [0.3, 0.4) is 0 Å². The summed E-state index contributed by atoms with van der Waals surface area (Å²) < 4.78 is 54.1. The van der Waals surface area contributed by atoms with Gasteiger partial charge in [-0.2, -0.15) is 0 Å². The van der Waals surface area contributed by atoms with E-state index in [0.29, 0.717) is 18.4 Å². The van der Waals surface area contributed by atoms with Crippen molar-refractivity contribution in [2.75, 3.05) is 13.2 Å². The second-order valence-electron chi connectivity index (χ2n) is 21.5. The zero-order valence-electron chi connectivity index (χ0n) is 38.3. The molecule has 0 bridgehead atoms. The predicted molar refractivity (Wildman–Crippen MR) is 224 cm³/mol. The summed E-state index contributed by atoms with van der Waals surface area (Å²) in [6.45, 7) is 9.61. The molecule has 0 aromatic carbocycles. The molecule has 0 spiro atoms. The molecular weight excluding hydrogens is 852 g/mol. The average Bonchev–Trinajstić information content (AvgIpc) is 3.80. The number of rotatable bonds is 10. The molecular formula is C47H74O18. The van der Waals surface area contributed by atoms with E-state index in [1.165, 1.54) is 0 Å². The predicted octanol–water partition coefficient (Wildman–Crippen LogP) is 1.07. The first-order valence-corrected chi connectivity index (χ1v) is 24.4. The van der Waals surface area contributed by atoms with E-state index in [1.54, 1.807) is 19.9 Å². The Bertz CT molecular complexity index is 1680. The van der Waals surface area contributed by atoms with E-state index in [2.05, 4.69) is 13.8 Å². The molecule has 8 N–H and O–H groups in total. The fraction of sp³-hybridized carbons (Fsp3) is 0.936. The summed E-state index contributed by atoms with van der Waals surface area (Å²) in [6.07, 6.45) is -7.33. The van der Waals surface area contributed by atoms with E-state index in [0.717, 1.165) is 63.4 Å². The highest BCUT2D eigenvalue weighted by molar-refractivity contribution is 5.85. The molecule has 4 saturated heterocycles. The molecule has 4 saturated carbocycles. The molecule has 0 unspecified atom stereocenters. The van der Waals surface area contributed by atoms with Gasteiger partial charge in [0.25, 0.3) is 0 Å². The molecule has 65 heavy (non-hydrogen) atoms. The second kappa shape index (κ2) is 18.7. The van der Waals surface area contributed by atoms with Crippen molar-refractivity contribution in [2.45, 2.75) is 228 Å². The van der Waals surface area contributed by atoms with Crippen molar-refractivity contribution < 1.29 is 88.3 Å². The molecule has 9 rings (SSSR count). The summed E-state index contributed by atoms with van der Waals surface area (Å²) in [5.74, 6) is 1.01. The van der Waals surface area contributed by atoms with Crippen LogP contribution in [0.25, 0.3) is 0 Å². The van der Waals surface area contributed by atoms with Gasteiger partial charge in [-0.15, -0.1) is 0 Å². The fourth-order valence-corrected chi connectivity index (χ4v) is 14.3. The number of ether oxygens (including phenoxy) is 9. The van der Waals surface area contributed by atoms with Gasteiger partial charge in [0.2, 0.25) is 0 Å². The maximum Gasteiger partial charge on any atom is 0.331 e. The largest absolute Gasteiger partial charge is 0.458 e. The zero-order valence-corrected chi connectivity index (χ0v) is 38.3. The number of carbonyl (C=O) groups excluding carboxylic acids is 1. The summed E-state index contributed by atoms with van der Waals surface area (Å²) in [5.41, 5.74) is 0.118. The normalized spacial score (nSPS) is 54.8. The smallest absolute Gasteiger partial charge is 0.331 e. The Hall–Kier alpha value is -1.43. The van der Waals surface area contributed by atoms with Gasteiger partial charge in [-0.05, 0) is 113 Å². The molecule has 9 aliphatic rings. The van der Waals surface area contributed by atoms with Gasteiger partial charge in [0.15, 0.2) is 25.2 Å². The number of hydrogen-bond donors (Lipinski definition) is 8. The van der Waals surface area contributed by atoms with Crippen LogP contribution in [-0.2, 0) is 47.4 Å². The van der Waals surface area contributed by atoms with Crippen molar-refractivity contribution in [3.05, 3.63) is 11.6 Å². The van der Waals surface area contributed by atoms with Gasteiger partial charge in [-0.3, -0.25) is 0 Å². The lowest BCUT2D eigenvalue weighted by Crippen LogP contribution is -2.62. The molecule has 18 nitrogen and oxygen atoms in total. The molecule has 0 radical (unpaired) electrons. The van der Waals surface area contributed by atoms with E-state index < -0.39 is 117 Å². The molecule has 8 fully saturated rings.